The summed E-state index contributed by atoms with van der Waals surface area (Å²) in [7, 11) is 0. The van der Waals surface area contributed by atoms with E-state index in [0.717, 1.165) is 23.5 Å². The van der Waals surface area contributed by atoms with Crippen molar-refractivity contribution < 1.29 is 0 Å². The molecule has 1 aromatic heterocycles. The molecule has 0 atom stereocenters. The molecule has 0 N–H and O–H groups in total. The molecule has 0 amide bonds. The van der Waals surface area contributed by atoms with Gasteiger partial charge in [0.05, 0.1) is 11.0 Å². The quantitative estimate of drug-likeness (QED) is 0.235. The van der Waals surface area contributed by atoms with E-state index in [0.29, 0.717) is 0 Å². The van der Waals surface area contributed by atoms with E-state index < -0.39 is 0 Å². The summed E-state index contributed by atoms with van der Waals surface area (Å²) >= 11 is 0. The SMILES string of the molecule is C=C1/C=C\C=C/Cc2cc(-c3ccc4c(c3)c3ccccc3n4-c3ccccc3)ccc2N1c1ccccc1. The van der Waals surface area contributed by atoms with Crippen LogP contribution in [-0.2, 0) is 6.42 Å². The summed E-state index contributed by atoms with van der Waals surface area (Å²) in [6, 6.07) is 43.5. The maximum Gasteiger partial charge on any atom is 0.0541 e. The van der Waals surface area contributed by atoms with E-state index in [1.807, 2.05) is 0 Å². The Labute approximate surface area is 229 Å². The highest BCUT2D eigenvalue weighted by atomic mass is 15.1. The molecule has 0 radical (unpaired) electrons. The van der Waals surface area contributed by atoms with Gasteiger partial charge in [-0.2, -0.15) is 0 Å². The Morgan fingerprint density at radius 2 is 1.23 bits per heavy atom. The average molecular weight is 501 g/mol. The number of allylic oxidation sites excluding steroid dienone is 4. The molecule has 1 aliphatic heterocycles. The van der Waals surface area contributed by atoms with E-state index in [-0.39, 0.29) is 0 Å². The van der Waals surface area contributed by atoms with Crippen molar-refractivity contribution >= 4 is 33.2 Å². The predicted octanol–water partition coefficient (Wildman–Crippen LogP) is 9.77. The molecule has 2 heterocycles. The summed E-state index contributed by atoms with van der Waals surface area (Å²) in [6.45, 7) is 4.39. The number of anilines is 2. The number of hydrogen-bond acceptors (Lipinski definition) is 1. The van der Waals surface area contributed by atoms with Crippen LogP contribution in [0.15, 0.2) is 158 Å². The second-order valence-electron chi connectivity index (χ2n) is 9.92. The molecule has 0 saturated heterocycles. The zero-order valence-corrected chi connectivity index (χ0v) is 21.7. The highest BCUT2D eigenvalue weighted by Gasteiger charge is 2.18. The van der Waals surface area contributed by atoms with Gasteiger partial charge in [-0.25, -0.2) is 0 Å². The highest BCUT2D eigenvalue weighted by molar-refractivity contribution is 6.10. The Balaban J connectivity index is 1.39. The van der Waals surface area contributed by atoms with Gasteiger partial charge < -0.3 is 9.47 Å². The third-order valence-electron chi connectivity index (χ3n) is 7.52. The normalized spacial score (nSPS) is 15.0. The molecule has 7 rings (SSSR count). The number of fused-ring (bicyclic) bond motifs is 4. The van der Waals surface area contributed by atoms with Gasteiger partial charge in [0, 0.05) is 33.5 Å². The minimum absolute atomic E-state index is 0.847. The van der Waals surface area contributed by atoms with Crippen LogP contribution in [0.5, 0.6) is 0 Å². The molecule has 1 aliphatic rings. The van der Waals surface area contributed by atoms with Gasteiger partial charge in [0.15, 0.2) is 0 Å². The largest absolute Gasteiger partial charge is 0.311 e. The van der Waals surface area contributed by atoms with E-state index >= 15 is 0 Å². The van der Waals surface area contributed by atoms with Gasteiger partial charge in [0.25, 0.3) is 0 Å². The Morgan fingerprint density at radius 1 is 0.564 bits per heavy atom. The summed E-state index contributed by atoms with van der Waals surface area (Å²) in [5, 5.41) is 2.53. The molecule has 0 fully saturated rings. The summed E-state index contributed by atoms with van der Waals surface area (Å²) in [5.74, 6) is 0. The van der Waals surface area contributed by atoms with Crippen LogP contribution in [0.2, 0.25) is 0 Å². The minimum Gasteiger partial charge on any atom is -0.311 e. The molecule has 0 spiro atoms. The van der Waals surface area contributed by atoms with Crippen LogP contribution in [0.1, 0.15) is 5.56 Å². The molecule has 186 valence electrons. The topological polar surface area (TPSA) is 8.17 Å². The Hall–Kier alpha value is -5.08. The third kappa shape index (κ3) is 4.07. The van der Waals surface area contributed by atoms with Crippen LogP contribution in [0, 0.1) is 0 Å². The first-order valence-corrected chi connectivity index (χ1v) is 13.4. The van der Waals surface area contributed by atoms with Crippen molar-refractivity contribution in [3.05, 3.63) is 163 Å². The van der Waals surface area contributed by atoms with Gasteiger partial charge >= 0.3 is 0 Å². The lowest BCUT2D eigenvalue weighted by molar-refractivity contribution is 1.17. The fourth-order valence-corrected chi connectivity index (χ4v) is 5.71. The van der Waals surface area contributed by atoms with E-state index in [1.54, 1.807) is 0 Å². The fourth-order valence-electron chi connectivity index (χ4n) is 5.71. The smallest absolute Gasteiger partial charge is 0.0541 e. The van der Waals surface area contributed by atoms with Crippen molar-refractivity contribution in [1.29, 1.82) is 0 Å². The first-order chi connectivity index (χ1) is 19.3. The number of benzene rings is 5. The maximum absolute atomic E-state index is 4.39. The molecule has 0 saturated carbocycles. The second kappa shape index (κ2) is 9.66. The Morgan fingerprint density at radius 3 is 2.05 bits per heavy atom. The van der Waals surface area contributed by atoms with Crippen molar-refractivity contribution in [3.8, 4) is 16.8 Å². The van der Waals surface area contributed by atoms with Crippen LogP contribution in [0.25, 0.3) is 38.6 Å². The number of rotatable bonds is 3. The van der Waals surface area contributed by atoms with Crippen molar-refractivity contribution in [3.63, 3.8) is 0 Å². The first kappa shape index (κ1) is 23.1. The van der Waals surface area contributed by atoms with Crippen molar-refractivity contribution in [2.75, 3.05) is 4.90 Å². The van der Waals surface area contributed by atoms with Crippen LogP contribution >= 0.6 is 0 Å². The van der Waals surface area contributed by atoms with E-state index in [2.05, 4.69) is 162 Å². The zero-order chi connectivity index (χ0) is 26.2. The summed E-state index contributed by atoms with van der Waals surface area (Å²) in [4.78, 5) is 2.25. The highest BCUT2D eigenvalue weighted by Crippen LogP contribution is 2.38. The molecule has 2 heteroatoms. The predicted molar refractivity (Wildman–Crippen MR) is 166 cm³/mol. The van der Waals surface area contributed by atoms with Gasteiger partial charge in [-0.1, -0.05) is 91.5 Å². The first-order valence-electron chi connectivity index (χ1n) is 13.4. The van der Waals surface area contributed by atoms with Gasteiger partial charge in [-0.05, 0) is 83.8 Å². The van der Waals surface area contributed by atoms with Crippen LogP contribution in [0.3, 0.4) is 0 Å². The molecular formula is C37H28N2. The summed E-state index contributed by atoms with van der Waals surface area (Å²) in [5.41, 5.74) is 10.5. The third-order valence-corrected chi connectivity index (χ3v) is 7.52. The number of aromatic nitrogens is 1. The Bertz CT molecular complexity index is 1890. The summed E-state index contributed by atoms with van der Waals surface area (Å²) < 4.78 is 2.36. The van der Waals surface area contributed by atoms with Crippen molar-refractivity contribution in [1.82, 2.24) is 4.57 Å². The Kier molecular flexibility index (Phi) is 5.71. The van der Waals surface area contributed by atoms with Gasteiger partial charge in [0.2, 0.25) is 0 Å². The standard InChI is InChI=1S/C37H28N2/c1-27-13-5-2-6-14-30-25-28(21-23-35(30)38(27)31-15-7-3-8-16-31)29-22-24-37-34(26-29)33-19-11-12-20-36(33)39(37)32-17-9-4-10-18-32/h2-13,15-26H,1,14H2/b6-2-,13-5-. The van der Waals surface area contributed by atoms with E-state index in [4.69, 9.17) is 0 Å². The zero-order valence-electron chi connectivity index (χ0n) is 21.7. The van der Waals surface area contributed by atoms with Crippen molar-refractivity contribution in [2.45, 2.75) is 6.42 Å². The van der Waals surface area contributed by atoms with E-state index in [1.165, 1.54) is 44.2 Å². The van der Waals surface area contributed by atoms with Crippen LogP contribution in [-0.4, -0.2) is 4.57 Å². The minimum atomic E-state index is 0.847. The van der Waals surface area contributed by atoms with Gasteiger partial charge in [-0.15, -0.1) is 0 Å². The number of nitrogens with zero attached hydrogens (tertiary/aromatic N) is 2. The number of para-hydroxylation sites is 3. The average Bonchev–Trinajstić information content (AvgIpc) is 3.35. The lowest BCUT2D eigenvalue weighted by atomic mass is 9.97. The molecule has 0 unspecified atom stereocenters. The molecular weight excluding hydrogens is 472 g/mol. The van der Waals surface area contributed by atoms with Crippen molar-refractivity contribution in [2.24, 2.45) is 0 Å². The summed E-state index contributed by atoms with van der Waals surface area (Å²) in [6.07, 6.45) is 9.32. The van der Waals surface area contributed by atoms with Gasteiger partial charge in [-0.3, -0.25) is 0 Å². The monoisotopic (exact) mass is 500 g/mol. The maximum atomic E-state index is 4.39. The molecule has 0 aliphatic carbocycles. The molecule has 39 heavy (non-hydrogen) atoms. The molecule has 6 aromatic rings. The van der Waals surface area contributed by atoms with Crippen LogP contribution in [0.4, 0.5) is 11.4 Å². The second-order valence-corrected chi connectivity index (χ2v) is 9.92. The molecule has 2 nitrogen and oxygen atoms in total. The van der Waals surface area contributed by atoms with Gasteiger partial charge in [0.1, 0.15) is 0 Å². The lowest BCUT2D eigenvalue weighted by Gasteiger charge is -2.28. The van der Waals surface area contributed by atoms with Crippen LogP contribution < -0.4 is 4.90 Å². The molecule has 5 aromatic carbocycles. The fraction of sp³-hybridized carbons (Fsp3) is 0.0270. The molecule has 0 bridgehead atoms. The van der Waals surface area contributed by atoms with E-state index in [9.17, 15) is 0 Å². The number of hydrogen-bond donors (Lipinski definition) is 0. The lowest BCUT2D eigenvalue weighted by Crippen LogP contribution is -2.15.